The van der Waals surface area contributed by atoms with E-state index in [9.17, 15) is 14.2 Å². The molecular formula is C33H65O8P. The van der Waals surface area contributed by atoms with Gasteiger partial charge in [0.05, 0.1) is 6.61 Å². The summed E-state index contributed by atoms with van der Waals surface area (Å²) in [7, 11) is -4.71. The van der Waals surface area contributed by atoms with Gasteiger partial charge in [-0.15, -0.1) is 0 Å². The highest BCUT2D eigenvalue weighted by Crippen LogP contribution is 2.35. The third-order valence-corrected chi connectivity index (χ3v) is 8.17. The summed E-state index contributed by atoms with van der Waals surface area (Å²) in [6, 6.07) is 0. The van der Waals surface area contributed by atoms with E-state index in [4.69, 9.17) is 19.3 Å². The first kappa shape index (κ1) is 41.0. The quantitative estimate of drug-likeness (QED) is 0.0433. The van der Waals surface area contributed by atoms with Crippen LogP contribution in [0.2, 0.25) is 0 Å². The molecule has 2 N–H and O–H groups in total. The molecular weight excluding hydrogens is 555 g/mol. The normalized spacial score (nSPS) is 12.4. The molecule has 1 unspecified atom stereocenters. The summed E-state index contributed by atoms with van der Waals surface area (Å²) in [5.41, 5.74) is 0. The fourth-order valence-corrected chi connectivity index (χ4v) is 5.42. The van der Waals surface area contributed by atoms with E-state index in [0.717, 1.165) is 12.8 Å². The van der Waals surface area contributed by atoms with Crippen molar-refractivity contribution in [3.05, 3.63) is 0 Å². The average Bonchev–Trinajstić information content (AvgIpc) is 2.96. The Labute approximate surface area is 257 Å². The van der Waals surface area contributed by atoms with Crippen molar-refractivity contribution in [1.82, 2.24) is 0 Å². The van der Waals surface area contributed by atoms with E-state index in [1.807, 2.05) is 0 Å². The molecule has 0 fully saturated rings. The van der Waals surface area contributed by atoms with Crippen LogP contribution in [0.1, 0.15) is 181 Å². The maximum atomic E-state index is 12.1. The molecule has 0 saturated carbocycles. The molecule has 0 aliphatic heterocycles. The van der Waals surface area contributed by atoms with Gasteiger partial charge in [-0.3, -0.25) is 14.1 Å². The van der Waals surface area contributed by atoms with E-state index >= 15 is 0 Å². The van der Waals surface area contributed by atoms with Gasteiger partial charge in [-0.05, 0) is 6.42 Å². The topological polar surface area (TPSA) is 119 Å². The van der Waals surface area contributed by atoms with Gasteiger partial charge >= 0.3 is 19.8 Å². The molecule has 0 bridgehead atoms. The number of hydrogen-bond acceptors (Lipinski definition) is 6. The largest absolute Gasteiger partial charge is 0.469 e. The molecule has 9 heteroatoms. The van der Waals surface area contributed by atoms with Crippen molar-refractivity contribution in [1.29, 1.82) is 0 Å². The first-order valence-electron chi connectivity index (χ1n) is 17.3. The first-order valence-corrected chi connectivity index (χ1v) is 18.9. The smallest absolute Gasteiger partial charge is 0.462 e. The molecule has 42 heavy (non-hydrogen) atoms. The Bertz CT molecular complexity index is 666. The molecule has 0 radical (unpaired) electrons. The molecule has 0 aliphatic carbocycles. The Kier molecular flexibility index (Phi) is 29.4. The minimum absolute atomic E-state index is 0.152. The lowest BCUT2D eigenvalue weighted by Crippen LogP contribution is -2.29. The van der Waals surface area contributed by atoms with Gasteiger partial charge in [0.15, 0.2) is 6.10 Å². The predicted molar refractivity (Wildman–Crippen MR) is 170 cm³/mol. The standard InChI is InChI=1S/C33H65O8P/c1-3-5-6-7-8-9-10-11-12-13-14-15-16-17-18-19-20-21-22-23-24-25-26-27-28-33(35)41-31(29-39-32(34)4-2)30-40-42(36,37)38/h31H,3-30H2,1-2H3,(H2,36,37,38). The van der Waals surface area contributed by atoms with Crippen LogP contribution in [-0.4, -0.2) is 41.0 Å². The van der Waals surface area contributed by atoms with E-state index in [2.05, 4.69) is 11.4 Å². The molecule has 0 spiro atoms. The third kappa shape index (κ3) is 32.0. The van der Waals surface area contributed by atoms with Crippen molar-refractivity contribution < 1.29 is 37.9 Å². The van der Waals surface area contributed by atoms with Gasteiger partial charge in [-0.2, -0.15) is 0 Å². The van der Waals surface area contributed by atoms with Crippen LogP contribution >= 0.6 is 7.82 Å². The van der Waals surface area contributed by atoms with Gasteiger partial charge in [0.1, 0.15) is 6.61 Å². The summed E-state index contributed by atoms with van der Waals surface area (Å²) in [6.45, 7) is 3.07. The van der Waals surface area contributed by atoms with Gasteiger partial charge in [0, 0.05) is 12.8 Å². The molecule has 0 saturated heterocycles. The van der Waals surface area contributed by atoms with Crippen LogP contribution in [0.25, 0.3) is 0 Å². The van der Waals surface area contributed by atoms with Crippen LogP contribution in [0.15, 0.2) is 0 Å². The maximum Gasteiger partial charge on any atom is 0.469 e. The van der Waals surface area contributed by atoms with E-state index in [1.54, 1.807) is 6.92 Å². The van der Waals surface area contributed by atoms with E-state index in [0.29, 0.717) is 6.42 Å². The summed E-state index contributed by atoms with van der Waals surface area (Å²) in [5, 5.41) is 0. The number of rotatable bonds is 32. The minimum atomic E-state index is -4.71. The fourth-order valence-electron chi connectivity index (χ4n) is 5.06. The summed E-state index contributed by atoms with van der Waals surface area (Å²) >= 11 is 0. The second-order valence-corrected chi connectivity index (χ2v) is 13.1. The van der Waals surface area contributed by atoms with Gasteiger partial charge < -0.3 is 19.3 Å². The highest BCUT2D eigenvalue weighted by molar-refractivity contribution is 7.46. The van der Waals surface area contributed by atoms with Crippen LogP contribution in [0, 0.1) is 0 Å². The van der Waals surface area contributed by atoms with Crippen LogP contribution in [0.3, 0.4) is 0 Å². The lowest BCUT2D eigenvalue weighted by molar-refractivity contribution is -0.161. The Morgan fingerprint density at radius 1 is 0.548 bits per heavy atom. The molecule has 0 amide bonds. The molecule has 250 valence electrons. The summed E-state index contributed by atoms with van der Waals surface area (Å²) in [6.07, 6.45) is 30.9. The number of phosphoric ester groups is 1. The summed E-state index contributed by atoms with van der Waals surface area (Å²) in [5.74, 6) is -0.974. The fraction of sp³-hybridized carbons (Fsp3) is 0.939. The van der Waals surface area contributed by atoms with Gasteiger partial charge in [-0.25, -0.2) is 4.57 Å². The highest BCUT2D eigenvalue weighted by Gasteiger charge is 2.22. The molecule has 0 aromatic carbocycles. The highest BCUT2D eigenvalue weighted by atomic mass is 31.2. The zero-order valence-electron chi connectivity index (χ0n) is 27.2. The number of phosphoric acid groups is 1. The Balaban J connectivity index is 3.49. The summed E-state index contributed by atoms with van der Waals surface area (Å²) in [4.78, 5) is 41.2. The molecule has 8 nitrogen and oxygen atoms in total. The lowest BCUT2D eigenvalue weighted by atomic mass is 10.0. The van der Waals surface area contributed by atoms with Crippen molar-refractivity contribution >= 4 is 19.8 Å². The molecule has 0 aromatic heterocycles. The maximum absolute atomic E-state index is 12.1. The summed E-state index contributed by atoms with van der Waals surface area (Å²) < 4.78 is 25.5. The third-order valence-electron chi connectivity index (χ3n) is 7.68. The second kappa shape index (κ2) is 30.1. The van der Waals surface area contributed by atoms with E-state index in [1.165, 1.54) is 135 Å². The monoisotopic (exact) mass is 620 g/mol. The van der Waals surface area contributed by atoms with Crippen molar-refractivity contribution in [2.45, 2.75) is 187 Å². The SMILES string of the molecule is CCCCCCCCCCCCCCCCCCCCCCCCCCC(=O)OC(COC(=O)CC)COP(=O)(O)O. The Hall–Kier alpha value is -0.950. The Morgan fingerprint density at radius 3 is 1.24 bits per heavy atom. The zero-order valence-corrected chi connectivity index (χ0v) is 28.1. The second-order valence-electron chi connectivity index (χ2n) is 11.8. The average molecular weight is 621 g/mol. The van der Waals surface area contributed by atoms with Gasteiger partial charge in [0.2, 0.25) is 0 Å². The van der Waals surface area contributed by atoms with Crippen molar-refractivity contribution in [3.8, 4) is 0 Å². The molecule has 0 rings (SSSR count). The lowest BCUT2D eigenvalue weighted by Gasteiger charge is -2.18. The first-order chi connectivity index (χ1) is 20.3. The minimum Gasteiger partial charge on any atom is -0.462 e. The number of carbonyl (C=O) groups is 2. The van der Waals surface area contributed by atoms with Crippen LogP contribution in [0.4, 0.5) is 0 Å². The molecule has 0 aromatic rings. The van der Waals surface area contributed by atoms with Gasteiger partial charge in [-0.1, -0.05) is 162 Å². The molecule has 0 heterocycles. The van der Waals surface area contributed by atoms with Crippen molar-refractivity contribution in [2.75, 3.05) is 13.2 Å². The predicted octanol–water partition coefficient (Wildman–Crippen LogP) is 9.73. The molecule has 0 aliphatic rings. The Morgan fingerprint density at radius 2 is 0.905 bits per heavy atom. The molecule has 1 atom stereocenters. The van der Waals surface area contributed by atoms with Crippen molar-refractivity contribution in [2.24, 2.45) is 0 Å². The number of ether oxygens (including phenoxy) is 2. The zero-order chi connectivity index (χ0) is 31.2. The number of unbranched alkanes of at least 4 members (excludes halogenated alkanes) is 23. The van der Waals surface area contributed by atoms with Gasteiger partial charge in [0.25, 0.3) is 0 Å². The number of esters is 2. The van der Waals surface area contributed by atoms with E-state index in [-0.39, 0.29) is 19.4 Å². The van der Waals surface area contributed by atoms with Crippen LogP contribution < -0.4 is 0 Å². The van der Waals surface area contributed by atoms with E-state index < -0.39 is 32.5 Å². The number of hydrogen-bond donors (Lipinski definition) is 2. The van der Waals surface area contributed by atoms with Crippen LogP contribution in [0.5, 0.6) is 0 Å². The number of carbonyl (C=O) groups excluding carboxylic acids is 2. The van der Waals surface area contributed by atoms with Crippen LogP contribution in [-0.2, 0) is 28.2 Å². The van der Waals surface area contributed by atoms with Crippen molar-refractivity contribution in [3.63, 3.8) is 0 Å².